The average Bonchev–Trinajstić information content (AvgIpc) is 2.90. The van der Waals surface area contributed by atoms with Crippen LogP contribution in [0.1, 0.15) is 38.3 Å². The van der Waals surface area contributed by atoms with Gasteiger partial charge in [-0.2, -0.15) is 0 Å². The third kappa shape index (κ3) is 9.04. The van der Waals surface area contributed by atoms with E-state index in [2.05, 4.69) is 10.3 Å². The van der Waals surface area contributed by atoms with Crippen LogP contribution in [0.25, 0.3) is 0 Å². The Morgan fingerprint density at radius 3 is 2.53 bits per heavy atom. The van der Waals surface area contributed by atoms with Crippen LogP contribution in [0.2, 0.25) is 0 Å². The van der Waals surface area contributed by atoms with Gasteiger partial charge in [-0.25, -0.2) is 0 Å². The van der Waals surface area contributed by atoms with Gasteiger partial charge in [-0.3, -0.25) is 28.5 Å². The molecule has 1 aromatic heterocycles. The molecule has 10 nitrogen and oxygen atoms in total. The van der Waals surface area contributed by atoms with Gasteiger partial charge in [0, 0.05) is 30.8 Å². The van der Waals surface area contributed by atoms with E-state index in [0.29, 0.717) is 6.42 Å². The fraction of sp³-hybridized carbons (Fsp3) is 0.481. The minimum absolute atomic E-state index is 0.00607. The van der Waals surface area contributed by atoms with Crippen molar-refractivity contribution in [1.82, 2.24) is 10.3 Å². The zero-order valence-electron chi connectivity index (χ0n) is 22.0. The van der Waals surface area contributed by atoms with Crippen molar-refractivity contribution >= 4 is 25.4 Å². The third-order valence-corrected chi connectivity index (χ3v) is 8.05. The van der Waals surface area contributed by atoms with Crippen molar-refractivity contribution in [2.24, 2.45) is 11.3 Å². The summed E-state index contributed by atoms with van der Waals surface area (Å²) in [6.07, 6.45) is 2.44. The number of ether oxygens (including phenoxy) is 2. The van der Waals surface area contributed by atoms with E-state index in [1.54, 1.807) is 45.3 Å². The van der Waals surface area contributed by atoms with Crippen molar-refractivity contribution in [3.05, 3.63) is 66.0 Å². The average molecular weight is 547 g/mol. The summed E-state index contributed by atoms with van der Waals surface area (Å²) in [4.78, 5) is 41.3. The number of hydrogen-bond donors (Lipinski definition) is 1. The lowest BCUT2D eigenvalue weighted by atomic mass is 9.87. The van der Waals surface area contributed by atoms with Crippen molar-refractivity contribution < 1.29 is 37.5 Å². The standard InChI is InChI=1S/C27H35N2O8P/c1-20(26(32)34-16-12-21-7-5-4-6-8-21)18-38(33)36-19-27(2,3)24(37-38)25(31)29-15-11-23(30)35-17-22-9-13-28-14-10-22/h4-10,13-14,20,24H,11-12,15-19H2,1-3H3,(H,29,31)/t20-,24+,38?/m1/s1. The highest BCUT2D eigenvalue weighted by atomic mass is 31.2. The van der Waals surface area contributed by atoms with E-state index in [0.717, 1.165) is 11.1 Å². The van der Waals surface area contributed by atoms with Gasteiger partial charge < -0.3 is 19.3 Å². The van der Waals surface area contributed by atoms with Crippen LogP contribution in [0, 0.1) is 11.3 Å². The lowest BCUT2D eigenvalue weighted by Crippen LogP contribution is -2.50. The van der Waals surface area contributed by atoms with E-state index >= 15 is 0 Å². The van der Waals surface area contributed by atoms with Crippen LogP contribution in [0.5, 0.6) is 0 Å². The first kappa shape index (κ1) is 29.5. The maximum Gasteiger partial charge on any atom is 0.332 e. The molecule has 1 unspecified atom stereocenters. The summed E-state index contributed by atoms with van der Waals surface area (Å²) in [7, 11) is -3.76. The first-order chi connectivity index (χ1) is 18.1. The number of amides is 1. The molecule has 0 bridgehead atoms. The van der Waals surface area contributed by atoms with Gasteiger partial charge in [0.25, 0.3) is 0 Å². The van der Waals surface area contributed by atoms with E-state index in [1.807, 2.05) is 30.3 Å². The van der Waals surface area contributed by atoms with Crippen molar-refractivity contribution in [1.29, 1.82) is 0 Å². The molecule has 1 aliphatic heterocycles. The quantitative estimate of drug-likeness (QED) is 0.313. The number of nitrogens with zero attached hydrogens (tertiary/aromatic N) is 1. The molecule has 0 spiro atoms. The van der Waals surface area contributed by atoms with Gasteiger partial charge in [-0.05, 0) is 23.3 Å². The second-order valence-corrected chi connectivity index (χ2v) is 12.0. The molecule has 11 heteroatoms. The summed E-state index contributed by atoms with van der Waals surface area (Å²) in [6, 6.07) is 13.1. The van der Waals surface area contributed by atoms with Crippen molar-refractivity contribution in [2.75, 3.05) is 25.9 Å². The molecule has 3 atom stereocenters. The summed E-state index contributed by atoms with van der Waals surface area (Å²) < 4.78 is 35.1. The Hall–Kier alpha value is -3.07. The number of rotatable bonds is 12. The first-order valence-corrected chi connectivity index (χ1v) is 14.3. The van der Waals surface area contributed by atoms with Crippen molar-refractivity contribution in [2.45, 2.75) is 46.3 Å². The summed E-state index contributed by atoms with van der Waals surface area (Å²) in [5.74, 6) is -2.26. The van der Waals surface area contributed by atoms with Crippen LogP contribution < -0.4 is 5.32 Å². The normalized spacial score (nSPS) is 21.2. The molecule has 1 aliphatic rings. The molecule has 3 rings (SSSR count). The number of hydrogen-bond acceptors (Lipinski definition) is 9. The maximum absolute atomic E-state index is 13.3. The minimum atomic E-state index is -3.76. The molecular weight excluding hydrogens is 511 g/mol. The van der Waals surface area contributed by atoms with E-state index in [9.17, 15) is 18.9 Å². The van der Waals surface area contributed by atoms with E-state index in [1.165, 1.54) is 0 Å². The summed E-state index contributed by atoms with van der Waals surface area (Å²) in [5, 5.41) is 2.65. The molecule has 2 aromatic rings. The van der Waals surface area contributed by atoms with Gasteiger partial charge in [-0.1, -0.05) is 51.1 Å². The van der Waals surface area contributed by atoms with Gasteiger partial charge in [0.1, 0.15) is 6.61 Å². The molecule has 1 fully saturated rings. The first-order valence-electron chi connectivity index (χ1n) is 12.5. The minimum Gasteiger partial charge on any atom is -0.465 e. The molecule has 1 aromatic carbocycles. The number of carbonyl (C=O) groups is 3. The maximum atomic E-state index is 13.3. The van der Waals surface area contributed by atoms with E-state index in [4.69, 9.17) is 18.5 Å². The van der Waals surface area contributed by atoms with Crippen LogP contribution in [0.3, 0.4) is 0 Å². The van der Waals surface area contributed by atoms with E-state index < -0.39 is 42.9 Å². The molecule has 1 saturated heterocycles. The van der Waals surface area contributed by atoms with Crippen molar-refractivity contribution in [3.8, 4) is 0 Å². The van der Waals surface area contributed by atoms with Gasteiger partial charge in [0.2, 0.25) is 5.91 Å². The van der Waals surface area contributed by atoms with Gasteiger partial charge >= 0.3 is 19.5 Å². The zero-order chi connectivity index (χ0) is 27.6. The Labute approximate surface area is 222 Å². The summed E-state index contributed by atoms with van der Waals surface area (Å²) in [6.45, 7) is 5.44. The summed E-state index contributed by atoms with van der Waals surface area (Å²) >= 11 is 0. The zero-order valence-corrected chi connectivity index (χ0v) is 22.9. The van der Waals surface area contributed by atoms with Crippen LogP contribution in [-0.2, 0) is 50.5 Å². The molecule has 0 saturated carbocycles. The van der Waals surface area contributed by atoms with Gasteiger partial charge in [-0.15, -0.1) is 0 Å². The number of nitrogens with one attached hydrogen (secondary N) is 1. The van der Waals surface area contributed by atoms with E-state index in [-0.39, 0.29) is 38.9 Å². The topological polar surface area (TPSA) is 130 Å². The molecule has 2 heterocycles. The lowest BCUT2D eigenvalue weighted by Gasteiger charge is -2.40. The Kier molecular flexibility index (Phi) is 10.6. The van der Waals surface area contributed by atoms with Gasteiger partial charge in [0.05, 0.1) is 31.7 Å². The van der Waals surface area contributed by atoms with Crippen LogP contribution >= 0.6 is 7.60 Å². The second-order valence-electron chi connectivity index (χ2n) is 9.90. The fourth-order valence-corrected chi connectivity index (χ4v) is 6.04. The third-order valence-electron chi connectivity index (χ3n) is 6.00. The highest BCUT2D eigenvalue weighted by molar-refractivity contribution is 7.54. The smallest absolute Gasteiger partial charge is 0.332 e. The van der Waals surface area contributed by atoms with Crippen LogP contribution in [-0.4, -0.2) is 54.9 Å². The Bertz CT molecular complexity index is 1130. The van der Waals surface area contributed by atoms with Crippen LogP contribution in [0.4, 0.5) is 0 Å². The highest BCUT2D eigenvalue weighted by Gasteiger charge is 2.48. The predicted octanol–water partition coefficient (Wildman–Crippen LogP) is 3.69. The molecule has 206 valence electrons. The Balaban J connectivity index is 1.45. The van der Waals surface area contributed by atoms with Crippen molar-refractivity contribution in [3.63, 3.8) is 0 Å². The molecule has 0 aliphatic carbocycles. The SMILES string of the molecule is C[C@H](CP1(=O)OCC(C)(C)[C@H](C(=O)NCCC(=O)OCc2ccncc2)O1)C(=O)OCCc1ccccc1. The lowest BCUT2D eigenvalue weighted by molar-refractivity contribution is -0.147. The Morgan fingerprint density at radius 1 is 1.11 bits per heavy atom. The number of benzene rings is 1. The molecule has 1 N–H and O–H groups in total. The molecule has 38 heavy (non-hydrogen) atoms. The van der Waals surface area contributed by atoms with Crippen LogP contribution in [0.15, 0.2) is 54.9 Å². The predicted molar refractivity (Wildman–Crippen MR) is 139 cm³/mol. The fourth-order valence-electron chi connectivity index (χ4n) is 3.73. The number of carbonyl (C=O) groups excluding carboxylic acids is 3. The highest BCUT2D eigenvalue weighted by Crippen LogP contribution is 2.57. The molecule has 1 amide bonds. The largest absolute Gasteiger partial charge is 0.465 e. The number of aromatic nitrogens is 1. The Morgan fingerprint density at radius 2 is 1.82 bits per heavy atom. The molecule has 0 radical (unpaired) electrons. The van der Waals surface area contributed by atoms with Gasteiger partial charge in [0.15, 0.2) is 6.10 Å². The summed E-state index contributed by atoms with van der Waals surface area (Å²) in [5.41, 5.74) is 1.07. The monoisotopic (exact) mass is 546 g/mol. The number of pyridine rings is 1. The number of esters is 2. The second kappa shape index (κ2) is 13.6. The molecular formula is C27H35N2O8P.